The van der Waals surface area contributed by atoms with E-state index in [9.17, 15) is 14.4 Å². The maximum absolute atomic E-state index is 13.3. The standard InChI is InChI=1S/C24H28N4O5/c1-4-13-33-20-11-9-19(10-12-20)25-22-26-23(31)28(17(3)14-21(29)30)24(32)27(22)15-18-7-5-16(2)6-8-18/h5-12,17H,4,13-15H2,1-3H3,(H,29,30)(H,25,26,31). The van der Waals surface area contributed by atoms with Gasteiger partial charge in [-0.1, -0.05) is 36.8 Å². The largest absolute Gasteiger partial charge is 0.494 e. The third-order valence-electron chi connectivity index (χ3n) is 5.06. The number of carboxylic acid groups (broad SMARTS) is 1. The summed E-state index contributed by atoms with van der Waals surface area (Å²) in [6.07, 6.45) is 0.527. The lowest BCUT2D eigenvalue weighted by Crippen LogP contribution is -2.44. The van der Waals surface area contributed by atoms with E-state index >= 15 is 0 Å². The summed E-state index contributed by atoms with van der Waals surface area (Å²) in [5, 5.41) is 12.2. The minimum Gasteiger partial charge on any atom is -0.494 e. The summed E-state index contributed by atoms with van der Waals surface area (Å²) in [5.41, 5.74) is 1.10. The van der Waals surface area contributed by atoms with Gasteiger partial charge < -0.3 is 15.2 Å². The topological polar surface area (TPSA) is 115 Å². The van der Waals surface area contributed by atoms with Gasteiger partial charge in [0.25, 0.3) is 0 Å². The number of nitrogens with one attached hydrogen (secondary N) is 1. The maximum atomic E-state index is 13.3. The van der Waals surface area contributed by atoms with E-state index in [1.807, 2.05) is 38.1 Å². The van der Waals surface area contributed by atoms with E-state index in [2.05, 4.69) is 10.3 Å². The number of carboxylic acids is 1. The molecule has 9 nitrogen and oxygen atoms in total. The molecule has 0 fully saturated rings. The molecule has 1 heterocycles. The fourth-order valence-corrected chi connectivity index (χ4v) is 3.33. The van der Waals surface area contributed by atoms with E-state index in [0.717, 1.165) is 22.1 Å². The number of aryl methyl sites for hydroxylation is 1. The van der Waals surface area contributed by atoms with Crippen molar-refractivity contribution in [3.8, 4) is 5.75 Å². The highest BCUT2D eigenvalue weighted by atomic mass is 16.5. The molecule has 0 aliphatic carbocycles. The van der Waals surface area contributed by atoms with Crippen molar-refractivity contribution < 1.29 is 14.6 Å². The molecule has 9 heteroatoms. The Morgan fingerprint density at radius 2 is 1.79 bits per heavy atom. The summed E-state index contributed by atoms with van der Waals surface area (Å²) in [4.78, 5) is 41.2. The Labute approximate surface area is 191 Å². The van der Waals surface area contributed by atoms with Crippen LogP contribution in [0.25, 0.3) is 0 Å². The van der Waals surface area contributed by atoms with Gasteiger partial charge in [-0.25, -0.2) is 14.2 Å². The number of benzene rings is 2. The molecule has 0 spiro atoms. The average molecular weight is 453 g/mol. The zero-order valence-corrected chi connectivity index (χ0v) is 18.9. The molecular weight excluding hydrogens is 424 g/mol. The third kappa shape index (κ3) is 6.09. The monoisotopic (exact) mass is 452 g/mol. The van der Waals surface area contributed by atoms with E-state index in [1.165, 1.54) is 11.5 Å². The van der Waals surface area contributed by atoms with Crippen LogP contribution in [-0.4, -0.2) is 31.8 Å². The Morgan fingerprint density at radius 1 is 1.12 bits per heavy atom. The molecule has 0 radical (unpaired) electrons. The van der Waals surface area contributed by atoms with Crippen LogP contribution in [0.4, 0.5) is 11.6 Å². The van der Waals surface area contributed by atoms with E-state index in [-0.39, 0.29) is 18.9 Å². The van der Waals surface area contributed by atoms with Crippen molar-refractivity contribution in [1.29, 1.82) is 0 Å². The Hall–Kier alpha value is -3.88. The second kappa shape index (κ2) is 10.6. The predicted octanol–water partition coefficient (Wildman–Crippen LogP) is 3.33. The molecule has 0 saturated carbocycles. The summed E-state index contributed by atoms with van der Waals surface area (Å²) in [5.74, 6) is -0.316. The fraction of sp³-hybridized carbons (Fsp3) is 0.333. The summed E-state index contributed by atoms with van der Waals surface area (Å²) in [6.45, 7) is 6.26. The Morgan fingerprint density at radius 3 is 2.39 bits per heavy atom. The van der Waals surface area contributed by atoms with Gasteiger partial charge >= 0.3 is 17.3 Å². The molecule has 33 heavy (non-hydrogen) atoms. The second-order valence-corrected chi connectivity index (χ2v) is 7.89. The summed E-state index contributed by atoms with van der Waals surface area (Å²) in [7, 11) is 0. The van der Waals surface area contributed by atoms with E-state index < -0.39 is 23.4 Å². The quantitative estimate of drug-likeness (QED) is 0.485. The molecule has 1 unspecified atom stereocenters. The van der Waals surface area contributed by atoms with E-state index in [0.29, 0.717) is 18.0 Å². The number of ether oxygens (including phenoxy) is 1. The predicted molar refractivity (Wildman–Crippen MR) is 126 cm³/mol. The smallest absolute Gasteiger partial charge is 0.355 e. The van der Waals surface area contributed by atoms with Gasteiger partial charge in [0.15, 0.2) is 0 Å². The van der Waals surface area contributed by atoms with Gasteiger partial charge in [-0.15, -0.1) is 0 Å². The summed E-state index contributed by atoms with van der Waals surface area (Å²) >= 11 is 0. The van der Waals surface area contributed by atoms with Gasteiger partial charge in [0.1, 0.15) is 5.75 Å². The van der Waals surface area contributed by atoms with Crippen LogP contribution in [0, 0.1) is 6.92 Å². The number of aromatic nitrogens is 3. The van der Waals surface area contributed by atoms with Gasteiger partial charge in [0.05, 0.1) is 25.6 Å². The van der Waals surface area contributed by atoms with Crippen LogP contribution >= 0.6 is 0 Å². The average Bonchev–Trinajstić information content (AvgIpc) is 2.76. The lowest BCUT2D eigenvalue weighted by atomic mass is 10.1. The van der Waals surface area contributed by atoms with Crippen LogP contribution in [0.3, 0.4) is 0 Å². The Balaban J connectivity index is 2.02. The number of hydrogen-bond acceptors (Lipinski definition) is 6. The number of carbonyl (C=O) groups is 1. The molecule has 1 atom stereocenters. The fourth-order valence-electron chi connectivity index (χ4n) is 3.33. The molecule has 2 N–H and O–H groups in total. The molecule has 3 rings (SSSR count). The molecule has 2 aromatic carbocycles. The van der Waals surface area contributed by atoms with Crippen molar-refractivity contribution in [1.82, 2.24) is 14.1 Å². The number of hydrogen-bond donors (Lipinski definition) is 2. The van der Waals surface area contributed by atoms with Crippen LogP contribution < -0.4 is 21.4 Å². The molecule has 0 amide bonds. The van der Waals surface area contributed by atoms with Crippen molar-refractivity contribution in [3.63, 3.8) is 0 Å². The molecule has 0 aliphatic rings. The van der Waals surface area contributed by atoms with Gasteiger partial charge in [0.2, 0.25) is 5.95 Å². The SMILES string of the molecule is CCCOc1ccc(Nc2nc(=O)n(C(C)CC(=O)O)c(=O)n2Cc2ccc(C)cc2)cc1. The number of rotatable bonds is 10. The minimum absolute atomic E-state index is 0.0755. The Kier molecular flexibility index (Phi) is 7.66. The lowest BCUT2D eigenvalue weighted by Gasteiger charge is -2.18. The number of aliphatic carboxylic acids is 1. The highest BCUT2D eigenvalue weighted by Crippen LogP contribution is 2.19. The number of anilines is 2. The van der Waals surface area contributed by atoms with Crippen molar-refractivity contribution in [3.05, 3.63) is 80.6 Å². The molecule has 3 aromatic rings. The zero-order chi connectivity index (χ0) is 24.0. The van der Waals surface area contributed by atoms with Gasteiger partial charge in [-0.05, 0) is 50.1 Å². The molecular formula is C24H28N4O5. The van der Waals surface area contributed by atoms with Crippen LogP contribution in [0.5, 0.6) is 5.75 Å². The first-order valence-corrected chi connectivity index (χ1v) is 10.8. The Bertz CT molecular complexity index is 1210. The molecule has 0 aliphatic heterocycles. The first kappa shape index (κ1) is 23.8. The first-order chi connectivity index (χ1) is 15.8. The zero-order valence-electron chi connectivity index (χ0n) is 18.9. The van der Waals surface area contributed by atoms with E-state index in [4.69, 9.17) is 9.84 Å². The molecule has 0 saturated heterocycles. The van der Waals surface area contributed by atoms with Gasteiger partial charge in [-0.3, -0.25) is 9.36 Å². The van der Waals surface area contributed by atoms with Crippen molar-refractivity contribution in [2.45, 2.75) is 46.2 Å². The minimum atomic E-state index is -1.11. The highest BCUT2D eigenvalue weighted by Gasteiger charge is 2.20. The van der Waals surface area contributed by atoms with Crippen LogP contribution in [0.2, 0.25) is 0 Å². The second-order valence-electron chi connectivity index (χ2n) is 7.89. The lowest BCUT2D eigenvalue weighted by molar-refractivity contribution is -0.137. The maximum Gasteiger partial charge on any atom is 0.355 e. The molecule has 174 valence electrons. The summed E-state index contributed by atoms with van der Waals surface area (Å²) in [6, 6.07) is 13.9. The van der Waals surface area contributed by atoms with Crippen LogP contribution in [0.1, 0.15) is 43.9 Å². The van der Waals surface area contributed by atoms with Crippen molar-refractivity contribution in [2.24, 2.45) is 0 Å². The molecule has 1 aromatic heterocycles. The third-order valence-corrected chi connectivity index (χ3v) is 5.06. The van der Waals surface area contributed by atoms with Crippen molar-refractivity contribution >= 4 is 17.6 Å². The van der Waals surface area contributed by atoms with Gasteiger partial charge in [-0.2, -0.15) is 4.98 Å². The molecule has 0 bridgehead atoms. The van der Waals surface area contributed by atoms with Crippen molar-refractivity contribution in [2.75, 3.05) is 11.9 Å². The van der Waals surface area contributed by atoms with E-state index in [1.54, 1.807) is 24.3 Å². The first-order valence-electron chi connectivity index (χ1n) is 10.8. The van der Waals surface area contributed by atoms with Crippen LogP contribution in [0.15, 0.2) is 58.1 Å². The van der Waals surface area contributed by atoms with Crippen LogP contribution in [-0.2, 0) is 11.3 Å². The summed E-state index contributed by atoms with van der Waals surface area (Å²) < 4.78 is 7.81. The normalized spacial score (nSPS) is 11.7. The highest BCUT2D eigenvalue weighted by molar-refractivity contribution is 5.67. The van der Waals surface area contributed by atoms with Gasteiger partial charge in [0, 0.05) is 5.69 Å². The number of nitrogens with zero attached hydrogens (tertiary/aromatic N) is 3.